The third-order valence-electron chi connectivity index (χ3n) is 6.41. The zero-order valence-corrected chi connectivity index (χ0v) is 22.1. The lowest BCUT2D eigenvalue weighted by atomic mass is 9.94. The Morgan fingerprint density at radius 1 is 1.00 bits per heavy atom. The Hall–Kier alpha value is -2.83. The van der Waals surface area contributed by atoms with Crippen LogP contribution >= 0.6 is 22.9 Å². The largest absolute Gasteiger partial charge is 0.490 e. The molecule has 2 fully saturated rings. The molecule has 0 radical (unpaired) electrons. The molecule has 2 heterocycles. The predicted octanol–water partition coefficient (Wildman–Crippen LogP) is 5.37. The molecule has 2 aliphatic rings. The van der Waals surface area contributed by atoms with Gasteiger partial charge in [-0.1, -0.05) is 36.9 Å². The van der Waals surface area contributed by atoms with Gasteiger partial charge in [-0.2, -0.15) is 13.2 Å². The van der Waals surface area contributed by atoms with Crippen LogP contribution in [0.15, 0.2) is 41.8 Å². The van der Waals surface area contributed by atoms with Gasteiger partial charge >= 0.3 is 18.2 Å². The van der Waals surface area contributed by atoms with Crippen LogP contribution in [0, 0.1) is 0 Å². The van der Waals surface area contributed by atoms with Crippen molar-refractivity contribution < 1.29 is 32.7 Å². The van der Waals surface area contributed by atoms with Crippen molar-refractivity contribution >= 4 is 46.5 Å². The van der Waals surface area contributed by atoms with Crippen molar-refractivity contribution in [2.24, 2.45) is 0 Å². The number of carboxylic acids is 1. The summed E-state index contributed by atoms with van der Waals surface area (Å²) in [6.07, 6.45) is 1.45. The maximum absolute atomic E-state index is 13.4. The van der Waals surface area contributed by atoms with Gasteiger partial charge in [0.05, 0.1) is 0 Å². The van der Waals surface area contributed by atoms with E-state index in [0.29, 0.717) is 29.8 Å². The number of anilines is 1. The summed E-state index contributed by atoms with van der Waals surface area (Å²) in [6.45, 7) is 3.23. The van der Waals surface area contributed by atoms with Gasteiger partial charge in [0, 0.05) is 47.8 Å². The van der Waals surface area contributed by atoms with Crippen molar-refractivity contribution in [2.45, 2.75) is 50.4 Å². The number of carbonyl (C=O) groups excluding carboxylic acids is 2. The summed E-state index contributed by atoms with van der Waals surface area (Å²) in [5.41, 5.74) is 0.625. The van der Waals surface area contributed by atoms with Crippen LogP contribution in [0.25, 0.3) is 0 Å². The molecule has 1 saturated carbocycles. The number of piperazine rings is 1. The fourth-order valence-corrected chi connectivity index (χ4v) is 5.37. The maximum atomic E-state index is 13.4. The van der Waals surface area contributed by atoms with Crippen LogP contribution < -0.4 is 10.6 Å². The van der Waals surface area contributed by atoms with E-state index in [9.17, 15) is 22.8 Å². The second-order valence-electron chi connectivity index (χ2n) is 9.01. The van der Waals surface area contributed by atoms with E-state index in [0.717, 1.165) is 18.0 Å². The first-order valence-corrected chi connectivity index (χ1v) is 13.5. The van der Waals surface area contributed by atoms with Crippen LogP contribution in [0.4, 0.5) is 23.7 Å². The highest BCUT2D eigenvalue weighted by Gasteiger charge is 2.38. The SMILES string of the molecule is O=C(Nc1ccc(Cl)cc1)N[C@H](C(=O)N1CCN(C2CCCCC2)CC1)c1cccs1.O=C(O)C(F)(F)F. The number of carboxylic acid groups (broad SMARTS) is 1. The number of rotatable bonds is 5. The van der Waals surface area contributed by atoms with E-state index in [-0.39, 0.29) is 5.91 Å². The van der Waals surface area contributed by atoms with Gasteiger partial charge in [-0.3, -0.25) is 9.69 Å². The van der Waals surface area contributed by atoms with Crippen LogP contribution in [-0.4, -0.2) is 71.2 Å². The second-order valence-corrected chi connectivity index (χ2v) is 10.4. The average molecular weight is 575 g/mol. The van der Waals surface area contributed by atoms with E-state index in [2.05, 4.69) is 15.5 Å². The van der Waals surface area contributed by atoms with Gasteiger partial charge in [0.1, 0.15) is 6.04 Å². The topological polar surface area (TPSA) is 102 Å². The molecule has 208 valence electrons. The first-order valence-electron chi connectivity index (χ1n) is 12.2. The Morgan fingerprint density at radius 3 is 2.13 bits per heavy atom. The van der Waals surface area contributed by atoms with E-state index in [4.69, 9.17) is 21.5 Å². The standard InChI is InChI=1S/C23H29ClN4O2S.C2HF3O2/c24-17-8-10-18(11-9-17)25-23(30)26-21(20-7-4-16-31-20)22(29)28-14-12-27(13-15-28)19-5-2-1-3-6-19;3-2(4,5)1(6)7/h4,7-11,16,19,21H,1-3,5-6,12-15H2,(H2,25,26,30);(H,6,7)/t21-;/m0./s1. The minimum absolute atomic E-state index is 0.0444. The van der Waals surface area contributed by atoms with Crippen LogP contribution in [-0.2, 0) is 9.59 Å². The normalized spacial score (nSPS) is 17.6. The Kier molecular flexibility index (Phi) is 10.8. The van der Waals surface area contributed by atoms with Gasteiger partial charge in [0.15, 0.2) is 0 Å². The fourth-order valence-electron chi connectivity index (χ4n) is 4.48. The fraction of sp³-hybridized carbons (Fsp3) is 0.480. The van der Waals surface area contributed by atoms with Crippen molar-refractivity contribution in [3.8, 4) is 0 Å². The van der Waals surface area contributed by atoms with Crippen LogP contribution in [0.5, 0.6) is 0 Å². The molecule has 3 amide bonds. The number of urea groups is 1. The molecule has 4 rings (SSSR count). The van der Waals surface area contributed by atoms with Crippen molar-refractivity contribution in [3.05, 3.63) is 51.7 Å². The molecule has 1 saturated heterocycles. The van der Waals surface area contributed by atoms with E-state index in [1.807, 2.05) is 22.4 Å². The first-order chi connectivity index (χ1) is 18.0. The second kappa shape index (κ2) is 13.8. The molecule has 0 unspecified atom stereocenters. The van der Waals surface area contributed by atoms with Gasteiger partial charge in [-0.15, -0.1) is 11.3 Å². The van der Waals surface area contributed by atoms with Gasteiger partial charge in [0.2, 0.25) is 0 Å². The van der Waals surface area contributed by atoms with E-state index < -0.39 is 24.2 Å². The number of alkyl halides is 3. The quantitative estimate of drug-likeness (QED) is 0.445. The van der Waals surface area contributed by atoms with Crippen LogP contribution in [0.1, 0.15) is 43.0 Å². The van der Waals surface area contributed by atoms with E-state index >= 15 is 0 Å². The summed E-state index contributed by atoms with van der Waals surface area (Å²) in [5.74, 6) is -2.80. The number of amides is 3. The molecule has 1 aromatic heterocycles. The molecule has 3 N–H and O–H groups in total. The van der Waals surface area contributed by atoms with Gasteiger partial charge in [0.25, 0.3) is 5.91 Å². The summed E-state index contributed by atoms with van der Waals surface area (Å²) in [6, 6.07) is 10.3. The van der Waals surface area contributed by atoms with Gasteiger partial charge in [-0.05, 0) is 48.6 Å². The lowest BCUT2D eigenvalue weighted by Crippen LogP contribution is -2.54. The number of nitrogens with zero attached hydrogens (tertiary/aromatic N) is 2. The molecular weight excluding hydrogens is 545 g/mol. The highest BCUT2D eigenvalue weighted by molar-refractivity contribution is 7.10. The lowest BCUT2D eigenvalue weighted by molar-refractivity contribution is -0.192. The molecule has 13 heteroatoms. The summed E-state index contributed by atoms with van der Waals surface area (Å²) in [5, 5.41) is 15.3. The number of carbonyl (C=O) groups is 3. The minimum Gasteiger partial charge on any atom is -0.475 e. The number of aliphatic carboxylic acids is 1. The van der Waals surface area contributed by atoms with Gasteiger partial charge < -0.3 is 20.6 Å². The van der Waals surface area contributed by atoms with Crippen LogP contribution in [0.3, 0.4) is 0 Å². The summed E-state index contributed by atoms with van der Waals surface area (Å²) in [7, 11) is 0. The number of benzene rings is 1. The Balaban J connectivity index is 0.000000505. The van der Waals surface area contributed by atoms with Crippen LogP contribution in [0.2, 0.25) is 5.02 Å². The average Bonchev–Trinajstić information content (AvgIpc) is 3.43. The number of nitrogens with one attached hydrogen (secondary N) is 2. The Morgan fingerprint density at radius 2 is 1.61 bits per heavy atom. The molecule has 1 aliphatic carbocycles. The minimum atomic E-state index is -5.08. The van der Waals surface area contributed by atoms with E-state index in [1.165, 1.54) is 43.4 Å². The summed E-state index contributed by atoms with van der Waals surface area (Å²) < 4.78 is 31.7. The molecule has 8 nitrogen and oxygen atoms in total. The van der Waals surface area contributed by atoms with Crippen molar-refractivity contribution in [3.63, 3.8) is 0 Å². The zero-order valence-electron chi connectivity index (χ0n) is 20.5. The number of hydrogen-bond acceptors (Lipinski definition) is 5. The third kappa shape index (κ3) is 8.88. The molecular formula is C25H30ClF3N4O4S. The van der Waals surface area contributed by atoms with Gasteiger partial charge in [-0.25, -0.2) is 9.59 Å². The Labute approximate surface area is 227 Å². The summed E-state index contributed by atoms with van der Waals surface area (Å²) >= 11 is 7.39. The molecule has 1 aromatic carbocycles. The Bertz CT molecular complexity index is 1060. The van der Waals surface area contributed by atoms with Crippen molar-refractivity contribution in [1.82, 2.24) is 15.1 Å². The monoisotopic (exact) mass is 574 g/mol. The molecule has 1 atom stereocenters. The lowest BCUT2D eigenvalue weighted by Gasteiger charge is -2.41. The highest BCUT2D eigenvalue weighted by atomic mass is 35.5. The van der Waals surface area contributed by atoms with Crippen molar-refractivity contribution in [2.75, 3.05) is 31.5 Å². The third-order valence-corrected chi connectivity index (χ3v) is 7.60. The molecule has 2 aromatic rings. The predicted molar refractivity (Wildman–Crippen MR) is 139 cm³/mol. The molecule has 0 spiro atoms. The number of hydrogen-bond donors (Lipinski definition) is 3. The number of thiophene rings is 1. The maximum Gasteiger partial charge on any atom is 0.490 e. The molecule has 38 heavy (non-hydrogen) atoms. The van der Waals surface area contributed by atoms with Crippen molar-refractivity contribution in [1.29, 1.82) is 0 Å². The zero-order chi connectivity index (χ0) is 27.7. The number of halogens is 4. The highest BCUT2D eigenvalue weighted by Crippen LogP contribution is 2.26. The smallest absolute Gasteiger partial charge is 0.475 e. The molecule has 1 aliphatic heterocycles. The summed E-state index contributed by atoms with van der Waals surface area (Å²) in [4.78, 5) is 40.2. The molecule has 0 bridgehead atoms. The van der Waals surface area contributed by atoms with E-state index in [1.54, 1.807) is 24.3 Å². The first kappa shape index (κ1) is 29.7.